The van der Waals surface area contributed by atoms with Crippen molar-refractivity contribution in [1.82, 2.24) is 0 Å². The highest BCUT2D eigenvalue weighted by Crippen LogP contribution is 2.13. The van der Waals surface area contributed by atoms with Crippen molar-refractivity contribution in [2.45, 2.75) is 45.1 Å². The van der Waals surface area contributed by atoms with Crippen molar-refractivity contribution in [3.8, 4) is 5.75 Å². The summed E-state index contributed by atoms with van der Waals surface area (Å²) in [4.78, 5) is 0. The van der Waals surface area contributed by atoms with E-state index in [1.54, 1.807) is 24.3 Å². The van der Waals surface area contributed by atoms with Gasteiger partial charge in [0.2, 0.25) is 0 Å². The van der Waals surface area contributed by atoms with E-state index >= 15 is 0 Å². The predicted octanol–water partition coefficient (Wildman–Crippen LogP) is 3.15. The summed E-state index contributed by atoms with van der Waals surface area (Å²) < 4.78 is 5.45. The summed E-state index contributed by atoms with van der Waals surface area (Å²) in [5.41, 5.74) is 0.876. The summed E-state index contributed by atoms with van der Waals surface area (Å²) in [5, 5.41) is 22.0. The highest BCUT2D eigenvalue weighted by molar-refractivity contribution is 5.45. The van der Waals surface area contributed by atoms with Gasteiger partial charge in [0.25, 0.3) is 0 Å². The third-order valence-corrected chi connectivity index (χ3v) is 3.11. The molecule has 0 amide bonds. The fourth-order valence-electron chi connectivity index (χ4n) is 1.90. The first-order valence-corrected chi connectivity index (χ1v) is 7.51. The van der Waals surface area contributed by atoms with Gasteiger partial charge in [-0.2, -0.15) is 0 Å². The number of hydrogen-bond acceptors (Lipinski definition) is 4. The van der Waals surface area contributed by atoms with Gasteiger partial charge in [-0.05, 0) is 30.7 Å². The average Bonchev–Trinajstić information content (AvgIpc) is 2.46. The summed E-state index contributed by atoms with van der Waals surface area (Å²) in [6, 6.07) is 6.77. The Morgan fingerprint density at radius 1 is 1.10 bits per heavy atom. The average molecular weight is 281 g/mol. The van der Waals surface area contributed by atoms with Crippen LogP contribution in [0.25, 0.3) is 0 Å². The van der Waals surface area contributed by atoms with E-state index in [-0.39, 0.29) is 5.75 Å². The zero-order chi connectivity index (χ0) is 14.6. The second-order valence-electron chi connectivity index (χ2n) is 5.07. The topological polar surface area (TPSA) is 61.7 Å². The molecule has 0 spiro atoms. The Kier molecular flexibility index (Phi) is 8.83. The third-order valence-electron chi connectivity index (χ3n) is 3.11. The minimum absolute atomic E-state index is 0.238. The van der Waals surface area contributed by atoms with Crippen LogP contribution in [0.1, 0.15) is 39.0 Å². The van der Waals surface area contributed by atoms with E-state index in [1.807, 2.05) is 0 Å². The largest absolute Gasteiger partial charge is 0.508 e. The van der Waals surface area contributed by atoms with E-state index < -0.39 is 6.10 Å². The molecule has 0 radical (unpaired) electrons. The molecule has 3 N–H and O–H groups in total. The van der Waals surface area contributed by atoms with Crippen LogP contribution in [0.5, 0.6) is 5.75 Å². The van der Waals surface area contributed by atoms with Crippen molar-refractivity contribution in [3.63, 3.8) is 0 Å². The number of unbranched alkanes of at least 4 members (excludes halogenated alkanes) is 4. The maximum Gasteiger partial charge on any atom is 0.115 e. The lowest BCUT2D eigenvalue weighted by Crippen LogP contribution is -2.25. The van der Waals surface area contributed by atoms with Gasteiger partial charge in [0.1, 0.15) is 5.75 Å². The molecule has 0 saturated carbocycles. The number of anilines is 1. The van der Waals surface area contributed by atoms with Crippen LogP contribution in [0, 0.1) is 0 Å². The molecule has 20 heavy (non-hydrogen) atoms. The second kappa shape index (κ2) is 10.5. The molecule has 1 aromatic rings. The van der Waals surface area contributed by atoms with Gasteiger partial charge in [-0.15, -0.1) is 0 Å². The summed E-state index contributed by atoms with van der Waals surface area (Å²) in [5.74, 6) is 0.238. The lowest BCUT2D eigenvalue weighted by Gasteiger charge is -2.13. The molecule has 0 heterocycles. The summed E-state index contributed by atoms with van der Waals surface area (Å²) >= 11 is 0. The van der Waals surface area contributed by atoms with Gasteiger partial charge >= 0.3 is 0 Å². The predicted molar refractivity (Wildman–Crippen MR) is 82.2 cm³/mol. The normalized spacial score (nSPS) is 12.3. The molecular formula is C16H27NO3. The molecule has 0 aromatic heterocycles. The van der Waals surface area contributed by atoms with E-state index in [9.17, 15) is 5.11 Å². The first-order chi connectivity index (χ1) is 9.72. The highest BCUT2D eigenvalue weighted by Gasteiger charge is 2.04. The minimum atomic E-state index is -0.514. The molecule has 4 heteroatoms. The van der Waals surface area contributed by atoms with Crippen molar-refractivity contribution in [2.24, 2.45) is 0 Å². The van der Waals surface area contributed by atoms with Crippen molar-refractivity contribution in [2.75, 3.05) is 25.1 Å². The van der Waals surface area contributed by atoms with Crippen LogP contribution in [0.15, 0.2) is 24.3 Å². The molecule has 1 atom stereocenters. The van der Waals surface area contributed by atoms with Crippen molar-refractivity contribution in [1.29, 1.82) is 0 Å². The number of phenolic OH excluding ortho intramolecular Hbond substituents is 1. The molecule has 1 rings (SSSR count). The van der Waals surface area contributed by atoms with Gasteiger partial charge in [-0.25, -0.2) is 0 Å². The lowest BCUT2D eigenvalue weighted by molar-refractivity contribution is 0.0416. The Morgan fingerprint density at radius 3 is 2.50 bits per heavy atom. The number of ether oxygens (including phenoxy) is 1. The number of rotatable bonds is 11. The van der Waals surface area contributed by atoms with E-state index in [0.29, 0.717) is 13.2 Å². The summed E-state index contributed by atoms with van der Waals surface area (Å²) in [6.07, 6.45) is 5.57. The van der Waals surface area contributed by atoms with Crippen molar-refractivity contribution >= 4 is 5.69 Å². The first kappa shape index (κ1) is 16.8. The van der Waals surface area contributed by atoms with E-state index in [2.05, 4.69) is 12.2 Å². The maximum atomic E-state index is 9.77. The first-order valence-electron chi connectivity index (χ1n) is 7.51. The monoisotopic (exact) mass is 281 g/mol. The second-order valence-corrected chi connectivity index (χ2v) is 5.07. The molecule has 0 aliphatic heterocycles. The van der Waals surface area contributed by atoms with Gasteiger partial charge in [-0.3, -0.25) is 0 Å². The third kappa shape index (κ3) is 8.02. The van der Waals surface area contributed by atoms with Crippen LogP contribution in [0.4, 0.5) is 5.69 Å². The smallest absolute Gasteiger partial charge is 0.115 e. The Hall–Kier alpha value is -1.26. The molecular weight excluding hydrogens is 254 g/mol. The van der Waals surface area contributed by atoms with Crippen molar-refractivity contribution < 1.29 is 14.9 Å². The minimum Gasteiger partial charge on any atom is -0.508 e. The van der Waals surface area contributed by atoms with Crippen molar-refractivity contribution in [3.05, 3.63) is 24.3 Å². The number of benzene rings is 1. The number of hydrogen-bond donors (Lipinski definition) is 3. The van der Waals surface area contributed by atoms with Crippen LogP contribution in [0.2, 0.25) is 0 Å². The molecule has 0 saturated heterocycles. The molecule has 1 aromatic carbocycles. The highest BCUT2D eigenvalue weighted by atomic mass is 16.5. The number of phenols is 1. The van der Waals surface area contributed by atoms with Crippen LogP contribution in [-0.2, 0) is 4.74 Å². The van der Waals surface area contributed by atoms with Gasteiger partial charge in [0.15, 0.2) is 0 Å². The fourth-order valence-corrected chi connectivity index (χ4v) is 1.90. The van der Waals surface area contributed by atoms with E-state index in [1.165, 1.54) is 25.7 Å². The van der Waals surface area contributed by atoms with Gasteiger partial charge in [0, 0.05) is 18.8 Å². The van der Waals surface area contributed by atoms with Crippen LogP contribution in [-0.4, -0.2) is 36.1 Å². The van der Waals surface area contributed by atoms with Crippen LogP contribution < -0.4 is 5.32 Å². The van der Waals surface area contributed by atoms with Gasteiger partial charge in [0.05, 0.1) is 12.7 Å². The molecule has 1 unspecified atom stereocenters. The van der Waals surface area contributed by atoms with Crippen LogP contribution in [0.3, 0.4) is 0 Å². The van der Waals surface area contributed by atoms with E-state index in [4.69, 9.17) is 9.84 Å². The Labute approximate surface area is 121 Å². The Morgan fingerprint density at radius 2 is 1.80 bits per heavy atom. The molecule has 4 nitrogen and oxygen atoms in total. The van der Waals surface area contributed by atoms with Crippen LogP contribution >= 0.6 is 0 Å². The zero-order valence-electron chi connectivity index (χ0n) is 12.3. The number of nitrogens with one attached hydrogen (secondary N) is 1. The molecule has 114 valence electrons. The standard InChI is InChI=1S/C16H27NO3/c1-2-3-4-5-6-11-20-13-16(19)12-17-14-7-9-15(18)10-8-14/h7-10,16-19H,2-6,11-13H2,1H3. The Balaban J connectivity index is 2.00. The van der Waals surface area contributed by atoms with E-state index in [0.717, 1.165) is 18.7 Å². The molecule has 0 fully saturated rings. The number of aliphatic hydroxyl groups excluding tert-OH is 1. The lowest BCUT2D eigenvalue weighted by atomic mass is 10.2. The summed E-state index contributed by atoms with van der Waals surface area (Å²) in [6.45, 7) is 3.73. The van der Waals surface area contributed by atoms with Gasteiger partial charge < -0.3 is 20.3 Å². The summed E-state index contributed by atoms with van der Waals surface area (Å²) in [7, 11) is 0. The molecule has 0 aliphatic carbocycles. The maximum absolute atomic E-state index is 9.77. The molecule has 0 aliphatic rings. The SMILES string of the molecule is CCCCCCCOCC(O)CNc1ccc(O)cc1. The number of aromatic hydroxyl groups is 1. The quantitative estimate of drug-likeness (QED) is 0.431. The number of aliphatic hydroxyl groups is 1. The fraction of sp³-hybridized carbons (Fsp3) is 0.625. The van der Waals surface area contributed by atoms with Gasteiger partial charge in [-0.1, -0.05) is 32.6 Å². The molecule has 0 bridgehead atoms. The zero-order valence-corrected chi connectivity index (χ0v) is 12.3. The Bertz CT molecular complexity index is 340.